The van der Waals surface area contributed by atoms with Crippen molar-refractivity contribution in [1.29, 1.82) is 0 Å². The smallest absolute Gasteiger partial charge is 0.294 e. The van der Waals surface area contributed by atoms with E-state index in [1.807, 2.05) is 18.2 Å². The Morgan fingerprint density at radius 3 is 1.92 bits per heavy atom. The first-order valence-corrected chi connectivity index (χ1v) is 8.59. The number of alkyl halides is 2. The van der Waals surface area contributed by atoms with Crippen LogP contribution in [0.3, 0.4) is 0 Å². The van der Waals surface area contributed by atoms with Gasteiger partial charge in [-0.1, -0.05) is 30.3 Å². The molecule has 0 N–H and O–H groups in total. The number of halogens is 2. The Labute approximate surface area is 149 Å². The maximum atomic E-state index is 11.2. The summed E-state index contributed by atoms with van der Waals surface area (Å²) in [6, 6.07) is 10.0. The van der Waals surface area contributed by atoms with E-state index in [2.05, 4.69) is 21.9 Å². The molecular weight excluding hydrogens is 359 g/mol. The van der Waals surface area contributed by atoms with Crippen molar-refractivity contribution in [3.05, 3.63) is 35.9 Å². The van der Waals surface area contributed by atoms with E-state index in [9.17, 15) is 9.59 Å². The van der Waals surface area contributed by atoms with Crippen LogP contribution < -0.4 is 0 Å². The largest absolute Gasteiger partial charge is 0.357 e. The molecule has 2 rings (SSSR count). The predicted molar refractivity (Wildman–Crippen MR) is 86.2 cm³/mol. The fourth-order valence-corrected chi connectivity index (χ4v) is 2.68. The van der Waals surface area contributed by atoms with Crippen LogP contribution in [0, 0.1) is 0 Å². The molecule has 24 heavy (non-hydrogen) atoms. The van der Waals surface area contributed by atoms with Crippen molar-refractivity contribution in [2.75, 3.05) is 11.8 Å². The van der Waals surface area contributed by atoms with Crippen molar-refractivity contribution < 1.29 is 29.1 Å². The molecule has 0 spiro atoms. The van der Waals surface area contributed by atoms with Crippen LogP contribution in [0.15, 0.2) is 30.3 Å². The van der Waals surface area contributed by atoms with Gasteiger partial charge in [0.15, 0.2) is 0 Å². The summed E-state index contributed by atoms with van der Waals surface area (Å²) in [6.45, 7) is 0. The predicted octanol–water partition coefficient (Wildman–Crippen LogP) is 3.47. The molecule has 0 unspecified atom stereocenters. The van der Waals surface area contributed by atoms with Crippen LogP contribution in [-0.4, -0.2) is 29.5 Å². The first-order chi connectivity index (χ1) is 11.6. The molecule has 8 heteroatoms. The summed E-state index contributed by atoms with van der Waals surface area (Å²) in [7, 11) is 0. The van der Waals surface area contributed by atoms with Gasteiger partial charge in [0.05, 0.1) is 0 Å². The highest BCUT2D eigenvalue weighted by molar-refractivity contribution is 6.26. The topological polar surface area (TPSA) is 71.1 Å². The highest BCUT2D eigenvalue weighted by Gasteiger charge is 2.43. The lowest BCUT2D eigenvalue weighted by Gasteiger charge is -2.35. The van der Waals surface area contributed by atoms with E-state index in [-0.39, 0.29) is 11.8 Å². The first kappa shape index (κ1) is 19.0. The molecular formula is C16H18Cl2O6. The molecule has 0 bridgehead atoms. The van der Waals surface area contributed by atoms with E-state index in [0.29, 0.717) is 31.6 Å². The second-order valence-electron chi connectivity index (χ2n) is 5.44. The fraction of sp³-hybridized carbons (Fsp3) is 0.500. The molecule has 0 amide bonds. The second kappa shape index (κ2) is 9.22. The monoisotopic (exact) mass is 376 g/mol. The lowest BCUT2D eigenvalue weighted by atomic mass is 9.81. The van der Waals surface area contributed by atoms with Gasteiger partial charge in [0.2, 0.25) is 0 Å². The van der Waals surface area contributed by atoms with Gasteiger partial charge in [0.25, 0.3) is 5.79 Å². The molecule has 0 aliphatic heterocycles. The van der Waals surface area contributed by atoms with E-state index in [1.165, 1.54) is 5.56 Å². The van der Waals surface area contributed by atoms with Crippen LogP contribution in [0.25, 0.3) is 0 Å². The van der Waals surface area contributed by atoms with Crippen molar-refractivity contribution in [1.82, 2.24) is 0 Å². The molecule has 1 saturated carbocycles. The minimum absolute atomic E-state index is 0.319. The fourth-order valence-electron chi connectivity index (χ4n) is 2.59. The van der Waals surface area contributed by atoms with Crippen molar-refractivity contribution in [3.63, 3.8) is 0 Å². The van der Waals surface area contributed by atoms with Gasteiger partial charge < -0.3 is 0 Å². The maximum absolute atomic E-state index is 11.2. The number of carbonyl (C=O) groups is 2. The molecule has 0 atom stereocenters. The van der Waals surface area contributed by atoms with Gasteiger partial charge in [-0.2, -0.15) is 0 Å². The summed E-state index contributed by atoms with van der Waals surface area (Å²) >= 11 is 10.7. The number of carbonyl (C=O) groups excluding carboxylic acids is 2. The van der Waals surface area contributed by atoms with Gasteiger partial charge in [-0.15, -0.1) is 33.0 Å². The third-order valence-electron chi connectivity index (χ3n) is 3.81. The Bertz CT molecular complexity index is 521. The molecule has 1 aliphatic rings. The molecule has 0 heterocycles. The standard InChI is InChI=1S/C16H18Cl2O6/c17-10-14(19)21-23-16(24-22-15(20)11-18)8-6-13(7-9-16)12-4-2-1-3-5-12/h1-5,13H,6-11H2. The molecule has 0 saturated heterocycles. The van der Waals surface area contributed by atoms with Gasteiger partial charge in [0, 0.05) is 12.8 Å². The second-order valence-corrected chi connectivity index (χ2v) is 5.97. The number of rotatable bonds is 7. The quantitative estimate of drug-likeness (QED) is 0.314. The Morgan fingerprint density at radius 1 is 0.958 bits per heavy atom. The van der Waals surface area contributed by atoms with Gasteiger partial charge >= 0.3 is 11.9 Å². The van der Waals surface area contributed by atoms with Crippen molar-refractivity contribution >= 4 is 35.1 Å². The van der Waals surface area contributed by atoms with E-state index >= 15 is 0 Å². The molecule has 1 fully saturated rings. The molecule has 0 aromatic heterocycles. The van der Waals surface area contributed by atoms with Gasteiger partial charge in [0.1, 0.15) is 11.8 Å². The normalized spacial score (nSPS) is 17.2. The van der Waals surface area contributed by atoms with Gasteiger partial charge in [-0.3, -0.25) is 9.78 Å². The molecule has 6 nitrogen and oxygen atoms in total. The van der Waals surface area contributed by atoms with Crippen LogP contribution >= 0.6 is 23.2 Å². The summed E-state index contributed by atoms with van der Waals surface area (Å²) in [5.41, 5.74) is 1.21. The highest BCUT2D eigenvalue weighted by atomic mass is 35.5. The molecule has 1 aliphatic carbocycles. The summed E-state index contributed by atoms with van der Waals surface area (Å²) in [5, 5.41) is 0. The van der Waals surface area contributed by atoms with E-state index < -0.39 is 17.7 Å². The molecule has 132 valence electrons. The van der Waals surface area contributed by atoms with Crippen molar-refractivity contribution in [2.24, 2.45) is 0 Å². The minimum Gasteiger partial charge on any atom is -0.294 e. The van der Waals surface area contributed by atoms with Crippen LogP contribution in [0.5, 0.6) is 0 Å². The average Bonchev–Trinajstić information content (AvgIpc) is 2.65. The zero-order valence-electron chi connectivity index (χ0n) is 12.9. The van der Waals surface area contributed by atoms with Crippen LogP contribution in [0.4, 0.5) is 0 Å². The summed E-state index contributed by atoms with van der Waals surface area (Å²) < 4.78 is 0. The van der Waals surface area contributed by atoms with E-state index in [0.717, 1.165) is 0 Å². The maximum Gasteiger partial charge on any atom is 0.357 e. The number of hydrogen-bond donors (Lipinski definition) is 0. The summed E-state index contributed by atoms with van der Waals surface area (Å²) in [4.78, 5) is 41.9. The zero-order valence-corrected chi connectivity index (χ0v) is 14.4. The van der Waals surface area contributed by atoms with E-state index in [1.54, 1.807) is 0 Å². The Balaban J connectivity index is 1.99. The zero-order chi connectivity index (χ0) is 17.4. The summed E-state index contributed by atoms with van der Waals surface area (Å²) in [5.74, 6) is -3.26. The SMILES string of the molecule is O=C(CCl)OOC1(OOC(=O)CCl)CCC(c2ccccc2)CC1. The third kappa shape index (κ3) is 5.34. The van der Waals surface area contributed by atoms with Gasteiger partial charge in [-0.05, 0) is 24.3 Å². The molecule has 1 aromatic rings. The molecule has 0 radical (unpaired) electrons. The Hall–Kier alpha value is -1.34. The summed E-state index contributed by atoms with van der Waals surface area (Å²) in [6.07, 6.45) is 2.16. The van der Waals surface area contributed by atoms with Crippen molar-refractivity contribution in [2.45, 2.75) is 37.4 Å². The highest BCUT2D eigenvalue weighted by Crippen LogP contribution is 2.41. The minimum atomic E-state index is -1.35. The lowest BCUT2D eigenvalue weighted by Crippen LogP contribution is -2.41. The number of hydrogen-bond acceptors (Lipinski definition) is 6. The van der Waals surface area contributed by atoms with Crippen LogP contribution in [0.1, 0.15) is 37.2 Å². The average molecular weight is 377 g/mol. The van der Waals surface area contributed by atoms with Gasteiger partial charge in [-0.25, -0.2) is 9.59 Å². The molecule has 1 aromatic carbocycles. The van der Waals surface area contributed by atoms with Crippen molar-refractivity contribution in [3.8, 4) is 0 Å². The van der Waals surface area contributed by atoms with Crippen LogP contribution in [0.2, 0.25) is 0 Å². The third-order valence-corrected chi connectivity index (χ3v) is 4.25. The Kier molecular flexibility index (Phi) is 7.30. The first-order valence-electron chi connectivity index (χ1n) is 7.52. The van der Waals surface area contributed by atoms with E-state index in [4.69, 9.17) is 33.0 Å². The Morgan fingerprint density at radius 2 is 1.46 bits per heavy atom. The van der Waals surface area contributed by atoms with Crippen LogP contribution in [-0.2, 0) is 29.1 Å². The lowest BCUT2D eigenvalue weighted by molar-refractivity contribution is -0.487. The number of benzene rings is 1.